The van der Waals surface area contributed by atoms with Gasteiger partial charge < -0.3 is 31.5 Å². The van der Waals surface area contributed by atoms with Gasteiger partial charge in [-0.05, 0) is 179 Å². The van der Waals surface area contributed by atoms with Gasteiger partial charge in [0.05, 0.1) is 0 Å². The van der Waals surface area contributed by atoms with Crippen molar-refractivity contribution >= 4 is 0 Å². The van der Waals surface area contributed by atoms with Crippen LogP contribution >= 0.6 is 0 Å². The first-order valence-electron chi connectivity index (χ1n) is 19.4. The molecule has 0 amide bonds. The summed E-state index contributed by atoms with van der Waals surface area (Å²) in [6.45, 7) is 43.9. The zero-order valence-corrected chi connectivity index (χ0v) is 36.2. The Morgan fingerprint density at radius 2 is 1.25 bits per heavy atom. The van der Waals surface area contributed by atoms with E-state index in [9.17, 15) is 4.39 Å². The number of nitrogens with zero attached hydrogens (tertiary/aromatic N) is 1. The van der Waals surface area contributed by atoms with Crippen molar-refractivity contribution in [2.75, 3.05) is 39.3 Å². The molecule has 1 atom stereocenters. The van der Waals surface area contributed by atoms with Crippen LogP contribution in [0.15, 0.2) is 66.5 Å². The summed E-state index contributed by atoms with van der Waals surface area (Å²) in [6.07, 6.45) is 8.88. The quantitative estimate of drug-likeness (QED) is 0.175. The van der Waals surface area contributed by atoms with Gasteiger partial charge in [-0.15, -0.1) is 0 Å². The van der Waals surface area contributed by atoms with Crippen LogP contribution in [0.25, 0.3) is 0 Å². The lowest BCUT2D eigenvalue weighted by Crippen LogP contribution is -2.48. The lowest BCUT2D eigenvalue weighted by Gasteiger charge is -2.34. The standard InChI is InChI=1S/C13H27FN2.C12H19N.C11H18N2.C8H19N.CH4/c1-11(14)10-16-7-5-12(6-8-16)9-15-13(2,3)4;1-12(2,3)13-10-9-11-7-5-4-6-8-11;1-9-5-6-10(7-12-9)8-13-11(2,3)4;1-7(2,3)9-8(4,5)6;/h11-12,15H,5-10H2,1-4H3;4-8,13H,9-10H2,1-3H3;5-7,12-13H,1,8H2,2-4H3;9H,1-6H3;1H4. The molecule has 2 heterocycles. The molecule has 0 bridgehead atoms. The highest BCUT2D eigenvalue weighted by Gasteiger charge is 2.22. The molecule has 5 N–H and O–H groups in total. The van der Waals surface area contributed by atoms with Crippen molar-refractivity contribution in [3.05, 3.63) is 72.1 Å². The van der Waals surface area contributed by atoms with E-state index < -0.39 is 6.17 Å². The minimum Gasteiger partial charge on any atom is -0.362 e. The topological polar surface area (TPSA) is 63.4 Å². The lowest BCUT2D eigenvalue weighted by molar-refractivity contribution is 0.143. The van der Waals surface area contributed by atoms with E-state index in [4.69, 9.17) is 0 Å². The number of likely N-dealkylation sites (tertiary alicyclic amines) is 1. The van der Waals surface area contributed by atoms with Gasteiger partial charge in [0.1, 0.15) is 6.17 Å². The maximum Gasteiger partial charge on any atom is 0.110 e. The average Bonchev–Trinajstić information content (AvgIpc) is 2.94. The third kappa shape index (κ3) is 35.0. The third-order valence-electron chi connectivity index (χ3n) is 7.56. The Bertz CT molecular complexity index is 1100. The van der Waals surface area contributed by atoms with Crippen molar-refractivity contribution in [2.24, 2.45) is 5.92 Å². The van der Waals surface area contributed by atoms with Crippen molar-refractivity contribution in [3.63, 3.8) is 0 Å². The molecule has 0 spiro atoms. The van der Waals surface area contributed by atoms with E-state index in [1.807, 2.05) is 12.3 Å². The molecule has 3 rings (SSSR count). The fourth-order valence-corrected chi connectivity index (χ4v) is 5.50. The van der Waals surface area contributed by atoms with E-state index >= 15 is 0 Å². The van der Waals surface area contributed by atoms with Crippen LogP contribution in [-0.4, -0.2) is 78.0 Å². The number of benzene rings is 1. The molecule has 52 heavy (non-hydrogen) atoms. The number of hydrogen-bond donors (Lipinski definition) is 5. The zero-order chi connectivity index (χ0) is 39.5. The molecular weight excluding hydrogens is 644 g/mol. The maximum atomic E-state index is 12.8. The first-order valence-corrected chi connectivity index (χ1v) is 19.4. The van der Waals surface area contributed by atoms with Gasteiger partial charge in [0.25, 0.3) is 0 Å². The van der Waals surface area contributed by atoms with Crippen LogP contribution in [0, 0.1) is 5.92 Å². The van der Waals surface area contributed by atoms with Crippen LogP contribution < -0.4 is 26.6 Å². The lowest BCUT2D eigenvalue weighted by atomic mass is 9.95. The summed E-state index contributed by atoms with van der Waals surface area (Å²) >= 11 is 0. The normalized spacial score (nSPS) is 16.4. The van der Waals surface area contributed by atoms with Crippen molar-refractivity contribution < 1.29 is 4.39 Å². The van der Waals surface area contributed by atoms with Gasteiger partial charge in [0, 0.05) is 52.7 Å². The number of allylic oxidation sites excluding steroid dienone is 1. The van der Waals surface area contributed by atoms with Gasteiger partial charge in [0.2, 0.25) is 0 Å². The minimum atomic E-state index is -0.691. The first-order chi connectivity index (χ1) is 23.1. The molecule has 1 saturated heterocycles. The zero-order valence-electron chi connectivity index (χ0n) is 36.2. The molecular formula is C45H87FN6. The Morgan fingerprint density at radius 1 is 0.750 bits per heavy atom. The van der Waals surface area contributed by atoms with Crippen LogP contribution in [0.2, 0.25) is 0 Å². The van der Waals surface area contributed by atoms with E-state index in [0.717, 1.165) is 50.8 Å². The average molecular weight is 731 g/mol. The summed E-state index contributed by atoms with van der Waals surface area (Å²) in [5.41, 5.74) is 4.68. The van der Waals surface area contributed by atoms with Gasteiger partial charge in [-0.1, -0.05) is 50.4 Å². The molecule has 2 aliphatic heterocycles. The van der Waals surface area contributed by atoms with Crippen molar-refractivity contribution in [3.8, 4) is 0 Å². The Balaban J connectivity index is 0. The highest BCUT2D eigenvalue weighted by Crippen LogP contribution is 2.18. The van der Waals surface area contributed by atoms with Crippen LogP contribution in [0.3, 0.4) is 0 Å². The molecule has 1 fully saturated rings. The number of alkyl halides is 1. The molecule has 1 aromatic carbocycles. The number of nitrogens with one attached hydrogen (secondary N) is 5. The smallest absolute Gasteiger partial charge is 0.110 e. The highest BCUT2D eigenvalue weighted by molar-refractivity contribution is 5.32. The predicted octanol–water partition coefficient (Wildman–Crippen LogP) is 9.80. The monoisotopic (exact) mass is 731 g/mol. The Morgan fingerprint density at radius 3 is 1.63 bits per heavy atom. The molecule has 0 radical (unpaired) electrons. The molecule has 0 aromatic heterocycles. The Labute approximate surface area is 323 Å². The minimum absolute atomic E-state index is 0. The summed E-state index contributed by atoms with van der Waals surface area (Å²) in [5.74, 6) is 0.769. The number of halogens is 1. The van der Waals surface area contributed by atoms with E-state index in [0.29, 0.717) is 6.54 Å². The number of hydrogen-bond acceptors (Lipinski definition) is 6. The van der Waals surface area contributed by atoms with E-state index in [1.54, 1.807) is 6.92 Å². The second kappa shape index (κ2) is 24.4. The summed E-state index contributed by atoms with van der Waals surface area (Å²) in [5, 5.41) is 17.0. The number of piperidine rings is 1. The van der Waals surface area contributed by atoms with Gasteiger partial charge in [-0.25, -0.2) is 4.39 Å². The summed E-state index contributed by atoms with van der Waals surface area (Å²) < 4.78 is 12.8. The molecule has 0 aliphatic carbocycles. The van der Waals surface area contributed by atoms with Crippen LogP contribution in [0.4, 0.5) is 4.39 Å². The summed E-state index contributed by atoms with van der Waals surface area (Å²) in [4.78, 5) is 2.25. The first kappa shape index (κ1) is 52.1. The summed E-state index contributed by atoms with van der Waals surface area (Å²) in [7, 11) is 0. The van der Waals surface area contributed by atoms with E-state index in [2.05, 4.69) is 178 Å². The Hall–Kier alpha value is -2.03. The Kier molecular flexibility index (Phi) is 24.4. The van der Waals surface area contributed by atoms with E-state index in [1.165, 1.54) is 24.0 Å². The SMILES string of the molecule is C.C=C1C=CC(CNC(C)(C)C)=CN1.CC(C)(C)NC(C)(C)C.CC(C)(C)NCCc1ccccc1.CC(F)CN1CCC(CNC(C)(C)C)CC1. The van der Waals surface area contributed by atoms with E-state index in [-0.39, 0.29) is 35.1 Å². The van der Waals surface area contributed by atoms with Gasteiger partial charge in [-0.3, -0.25) is 0 Å². The second-order valence-electron chi connectivity index (χ2n) is 19.5. The van der Waals surface area contributed by atoms with Crippen LogP contribution in [0.5, 0.6) is 0 Å². The molecule has 2 aliphatic rings. The predicted molar refractivity (Wildman–Crippen MR) is 232 cm³/mol. The molecule has 1 unspecified atom stereocenters. The number of dihydropyridines is 1. The number of rotatable bonds is 9. The highest BCUT2D eigenvalue weighted by atomic mass is 19.1. The van der Waals surface area contributed by atoms with Crippen molar-refractivity contribution in [1.82, 2.24) is 31.5 Å². The fourth-order valence-electron chi connectivity index (χ4n) is 5.50. The molecule has 1 aromatic rings. The van der Waals surface area contributed by atoms with Gasteiger partial charge in [-0.2, -0.15) is 0 Å². The molecule has 0 saturated carbocycles. The molecule has 7 heteroatoms. The van der Waals surface area contributed by atoms with Crippen LogP contribution in [-0.2, 0) is 6.42 Å². The molecule has 304 valence electrons. The van der Waals surface area contributed by atoms with Crippen LogP contribution in [0.1, 0.15) is 137 Å². The van der Waals surface area contributed by atoms with Crippen molar-refractivity contribution in [1.29, 1.82) is 0 Å². The summed E-state index contributed by atoms with van der Waals surface area (Å²) in [6, 6.07) is 10.6. The fraction of sp³-hybridized carbons (Fsp3) is 0.733. The maximum absolute atomic E-state index is 12.8. The largest absolute Gasteiger partial charge is 0.362 e. The van der Waals surface area contributed by atoms with Gasteiger partial charge in [0.15, 0.2) is 0 Å². The molecule has 6 nitrogen and oxygen atoms in total. The van der Waals surface area contributed by atoms with Gasteiger partial charge >= 0.3 is 0 Å². The third-order valence-corrected chi connectivity index (χ3v) is 7.56. The van der Waals surface area contributed by atoms with Crippen molar-refractivity contribution in [2.45, 2.75) is 171 Å². The second-order valence-corrected chi connectivity index (χ2v) is 19.5.